The Morgan fingerprint density at radius 2 is 2.13 bits per heavy atom. The number of rotatable bonds is 0. The minimum Gasteiger partial charge on any atom is -0.490 e. The molecule has 3 heteroatoms. The SMILES string of the molecule is CC1(C)N[C@H]2c3ccccc3OC[C@H]2O1. The molecule has 3 nitrogen and oxygen atoms in total. The minimum atomic E-state index is -0.254. The molecule has 3 rings (SSSR count). The molecule has 1 fully saturated rings. The maximum absolute atomic E-state index is 5.87. The molecule has 1 aromatic rings. The summed E-state index contributed by atoms with van der Waals surface area (Å²) in [5.74, 6) is 0.979. The molecule has 15 heavy (non-hydrogen) atoms. The molecule has 2 atom stereocenters. The van der Waals surface area contributed by atoms with E-state index in [9.17, 15) is 0 Å². The first-order valence-electron chi connectivity index (χ1n) is 5.33. The molecule has 0 unspecified atom stereocenters. The van der Waals surface area contributed by atoms with Crippen molar-refractivity contribution >= 4 is 0 Å². The van der Waals surface area contributed by atoms with Gasteiger partial charge in [-0.15, -0.1) is 0 Å². The summed E-state index contributed by atoms with van der Waals surface area (Å²) in [7, 11) is 0. The van der Waals surface area contributed by atoms with Crippen molar-refractivity contribution in [1.82, 2.24) is 5.32 Å². The lowest BCUT2D eigenvalue weighted by atomic mass is 9.99. The second-order valence-corrected chi connectivity index (χ2v) is 4.64. The topological polar surface area (TPSA) is 30.5 Å². The summed E-state index contributed by atoms with van der Waals surface area (Å²) in [6.07, 6.45) is 0.134. The lowest BCUT2D eigenvalue weighted by Crippen LogP contribution is -2.35. The zero-order valence-electron chi connectivity index (χ0n) is 8.99. The summed E-state index contributed by atoms with van der Waals surface area (Å²) in [6, 6.07) is 8.42. The zero-order valence-corrected chi connectivity index (χ0v) is 8.99. The Bertz CT molecular complexity index is 389. The number of para-hydroxylation sites is 1. The normalized spacial score (nSPS) is 31.6. The van der Waals surface area contributed by atoms with Crippen molar-refractivity contribution in [2.24, 2.45) is 0 Å². The molecule has 0 aliphatic carbocycles. The number of hydrogen-bond acceptors (Lipinski definition) is 3. The Morgan fingerprint density at radius 3 is 3.00 bits per heavy atom. The number of ether oxygens (including phenoxy) is 2. The van der Waals surface area contributed by atoms with Gasteiger partial charge in [0.2, 0.25) is 0 Å². The molecular formula is C12H15NO2. The molecule has 2 heterocycles. The number of nitrogens with one attached hydrogen (secondary N) is 1. The lowest BCUT2D eigenvalue weighted by molar-refractivity contribution is -0.0443. The highest BCUT2D eigenvalue weighted by Gasteiger charge is 2.43. The predicted molar refractivity (Wildman–Crippen MR) is 56.8 cm³/mol. The van der Waals surface area contributed by atoms with Crippen LogP contribution in [-0.2, 0) is 4.74 Å². The first-order valence-corrected chi connectivity index (χ1v) is 5.33. The van der Waals surface area contributed by atoms with Crippen LogP contribution in [0.4, 0.5) is 0 Å². The van der Waals surface area contributed by atoms with Crippen molar-refractivity contribution in [3.8, 4) is 5.75 Å². The Hall–Kier alpha value is -1.06. The standard InChI is InChI=1S/C12H15NO2/c1-12(2)13-11-8-5-3-4-6-9(8)14-7-10(11)15-12/h3-6,10-11,13H,7H2,1-2H3/t10-,11+/m1/s1. The first-order chi connectivity index (χ1) is 7.16. The molecule has 0 amide bonds. The van der Waals surface area contributed by atoms with Gasteiger partial charge >= 0.3 is 0 Å². The van der Waals surface area contributed by atoms with Crippen LogP contribution in [0.15, 0.2) is 24.3 Å². The van der Waals surface area contributed by atoms with Crippen molar-refractivity contribution in [3.63, 3.8) is 0 Å². The van der Waals surface area contributed by atoms with Crippen molar-refractivity contribution < 1.29 is 9.47 Å². The number of benzene rings is 1. The van der Waals surface area contributed by atoms with E-state index < -0.39 is 0 Å². The van der Waals surface area contributed by atoms with Crippen LogP contribution in [0.25, 0.3) is 0 Å². The van der Waals surface area contributed by atoms with Crippen LogP contribution >= 0.6 is 0 Å². The number of fused-ring (bicyclic) bond motifs is 3. The van der Waals surface area contributed by atoms with Gasteiger partial charge in [-0.3, -0.25) is 5.32 Å². The Kier molecular flexibility index (Phi) is 1.82. The van der Waals surface area contributed by atoms with Gasteiger partial charge in [0, 0.05) is 5.56 Å². The summed E-state index contributed by atoms with van der Waals surface area (Å²) in [5.41, 5.74) is 0.954. The monoisotopic (exact) mass is 205 g/mol. The highest BCUT2D eigenvalue weighted by Crippen LogP contribution is 2.39. The molecular weight excluding hydrogens is 190 g/mol. The third-order valence-corrected chi connectivity index (χ3v) is 2.98. The molecule has 1 saturated heterocycles. The maximum atomic E-state index is 5.87. The molecule has 0 bridgehead atoms. The largest absolute Gasteiger partial charge is 0.490 e. The predicted octanol–water partition coefficient (Wildman–Crippen LogP) is 1.84. The summed E-state index contributed by atoms with van der Waals surface area (Å²) in [5, 5.41) is 3.49. The van der Waals surface area contributed by atoms with Gasteiger partial charge in [0.15, 0.2) is 0 Å². The average Bonchev–Trinajstić information content (AvgIpc) is 2.52. The third kappa shape index (κ3) is 1.43. The van der Waals surface area contributed by atoms with Crippen LogP contribution in [0.5, 0.6) is 5.75 Å². The molecule has 0 spiro atoms. The van der Waals surface area contributed by atoms with Gasteiger partial charge in [0.1, 0.15) is 24.2 Å². The van der Waals surface area contributed by atoms with E-state index in [0.717, 1.165) is 5.75 Å². The zero-order chi connectivity index (χ0) is 10.5. The van der Waals surface area contributed by atoms with Crippen LogP contribution in [0.1, 0.15) is 25.5 Å². The average molecular weight is 205 g/mol. The van der Waals surface area contributed by atoms with E-state index in [1.54, 1.807) is 0 Å². The van der Waals surface area contributed by atoms with E-state index in [1.165, 1.54) is 5.56 Å². The molecule has 80 valence electrons. The van der Waals surface area contributed by atoms with Crippen molar-refractivity contribution in [2.45, 2.75) is 31.7 Å². The van der Waals surface area contributed by atoms with E-state index >= 15 is 0 Å². The summed E-state index contributed by atoms with van der Waals surface area (Å²) in [6.45, 7) is 4.74. The molecule has 0 radical (unpaired) electrons. The fourth-order valence-electron chi connectivity index (χ4n) is 2.40. The Balaban J connectivity index is 2.00. The minimum absolute atomic E-state index is 0.134. The quantitative estimate of drug-likeness (QED) is 0.701. The van der Waals surface area contributed by atoms with Gasteiger partial charge in [-0.1, -0.05) is 18.2 Å². The van der Waals surface area contributed by atoms with Crippen molar-refractivity contribution in [3.05, 3.63) is 29.8 Å². The van der Waals surface area contributed by atoms with Crippen LogP contribution in [0, 0.1) is 0 Å². The van der Waals surface area contributed by atoms with E-state index in [1.807, 2.05) is 32.0 Å². The number of hydrogen-bond donors (Lipinski definition) is 1. The van der Waals surface area contributed by atoms with Gasteiger partial charge in [-0.2, -0.15) is 0 Å². The summed E-state index contributed by atoms with van der Waals surface area (Å²) >= 11 is 0. The van der Waals surface area contributed by atoms with Crippen molar-refractivity contribution in [1.29, 1.82) is 0 Å². The smallest absolute Gasteiger partial charge is 0.124 e. The van der Waals surface area contributed by atoms with E-state index in [2.05, 4.69) is 11.4 Å². The summed E-state index contributed by atoms with van der Waals surface area (Å²) in [4.78, 5) is 0. The van der Waals surface area contributed by atoms with Gasteiger partial charge in [-0.25, -0.2) is 0 Å². The van der Waals surface area contributed by atoms with Crippen molar-refractivity contribution in [2.75, 3.05) is 6.61 Å². The van der Waals surface area contributed by atoms with Crippen LogP contribution < -0.4 is 10.1 Å². The molecule has 2 aliphatic heterocycles. The van der Waals surface area contributed by atoms with E-state index in [0.29, 0.717) is 6.61 Å². The first kappa shape index (κ1) is 9.19. The third-order valence-electron chi connectivity index (χ3n) is 2.98. The molecule has 1 N–H and O–H groups in total. The Morgan fingerprint density at radius 1 is 1.33 bits per heavy atom. The van der Waals surface area contributed by atoms with Crippen LogP contribution in [0.2, 0.25) is 0 Å². The van der Waals surface area contributed by atoms with Gasteiger partial charge in [0.05, 0.1) is 6.04 Å². The fraction of sp³-hybridized carbons (Fsp3) is 0.500. The molecule has 0 aromatic heterocycles. The van der Waals surface area contributed by atoms with Crippen LogP contribution in [-0.4, -0.2) is 18.4 Å². The Labute approximate surface area is 89.4 Å². The lowest BCUT2D eigenvalue weighted by Gasteiger charge is -2.26. The van der Waals surface area contributed by atoms with Crippen LogP contribution in [0.3, 0.4) is 0 Å². The summed E-state index contributed by atoms with van der Waals surface area (Å²) < 4.78 is 11.5. The second-order valence-electron chi connectivity index (χ2n) is 4.64. The molecule has 2 aliphatic rings. The van der Waals surface area contributed by atoms with E-state index in [-0.39, 0.29) is 17.9 Å². The van der Waals surface area contributed by atoms with Gasteiger partial charge in [-0.05, 0) is 19.9 Å². The van der Waals surface area contributed by atoms with Gasteiger partial charge in [0.25, 0.3) is 0 Å². The fourth-order valence-corrected chi connectivity index (χ4v) is 2.40. The second kappa shape index (κ2) is 2.97. The molecule has 1 aromatic carbocycles. The molecule has 0 saturated carbocycles. The highest BCUT2D eigenvalue weighted by molar-refractivity contribution is 5.39. The van der Waals surface area contributed by atoms with Gasteiger partial charge < -0.3 is 9.47 Å². The van der Waals surface area contributed by atoms with E-state index in [4.69, 9.17) is 9.47 Å². The maximum Gasteiger partial charge on any atom is 0.124 e. The highest BCUT2D eigenvalue weighted by atomic mass is 16.6.